The Morgan fingerprint density at radius 3 is 2.59 bits per heavy atom. The summed E-state index contributed by atoms with van der Waals surface area (Å²) in [5.41, 5.74) is 1.66. The van der Waals surface area contributed by atoms with Crippen molar-refractivity contribution < 1.29 is 4.79 Å². The molecule has 3 aromatic rings. The lowest BCUT2D eigenvalue weighted by molar-refractivity contribution is -0.121. The van der Waals surface area contributed by atoms with Gasteiger partial charge in [-0.15, -0.1) is 0 Å². The summed E-state index contributed by atoms with van der Waals surface area (Å²) in [7, 11) is 0. The van der Waals surface area contributed by atoms with E-state index in [-0.39, 0.29) is 11.9 Å². The third-order valence-corrected chi connectivity index (χ3v) is 5.45. The molecular formula is C23H25ClN4O. The number of hydrogen-bond acceptors (Lipinski definition) is 4. The highest BCUT2D eigenvalue weighted by molar-refractivity contribution is 6.33. The molecule has 0 bridgehead atoms. The predicted molar refractivity (Wildman–Crippen MR) is 118 cm³/mol. The van der Waals surface area contributed by atoms with Crippen molar-refractivity contribution in [2.45, 2.75) is 45.2 Å². The number of rotatable bonds is 7. The van der Waals surface area contributed by atoms with Gasteiger partial charge in [0.1, 0.15) is 5.82 Å². The van der Waals surface area contributed by atoms with Crippen LogP contribution in [0.5, 0.6) is 0 Å². The highest BCUT2D eigenvalue weighted by Gasteiger charge is 2.24. The number of amides is 1. The van der Waals surface area contributed by atoms with E-state index in [1.54, 1.807) is 0 Å². The number of fused-ring (bicyclic) bond motifs is 1. The molecule has 150 valence electrons. The Hall–Kier alpha value is -2.66. The monoisotopic (exact) mass is 408 g/mol. The van der Waals surface area contributed by atoms with E-state index < -0.39 is 0 Å². The first-order chi connectivity index (χ1) is 14.0. The maximum absolute atomic E-state index is 12.3. The molecule has 0 spiro atoms. The number of halogens is 1. The second-order valence-electron chi connectivity index (χ2n) is 7.75. The molecule has 29 heavy (non-hydrogen) atoms. The quantitative estimate of drug-likeness (QED) is 0.608. The zero-order valence-electron chi connectivity index (χ0n) is 16.7. The molecule has 1 fully saturated rings. The number of carbonyl (C=O) groups excluding carboxylic acids is 1. The Morgan fingerprint density at radius 1 is 1.14 bits per heavy atom. The van der Waals surface area contributed by atoms with Gasteiger partial charge >= 0.3 is 0 Å². The topological polar surface area (TPSA) is 58.1 Å². The van der Waals surface area contributed by atoms with Gasteiger partial charge in [-0.05, 0) is 51.0 Å². The molecule has 0 saturated heterocycles. The Morgan fingerprint density at radius 2 is 1.86 bits per heavy atom. The fourth-order valence-corrected chi connectivity index (χ4v) is 3.62. The molecule has 1 amide bonds. The summed E-state index contributed by atoms with van der Waals surface area (Å²) in [4.78, 5) is 24.1. The molecule has 1 saturated carbocycles. The van der Waals surface area contributed by atoms with Gasteiger partial charge in [-0.1, -0.05) is 35.9 Å². The lowest BCUT2D eigenvalue weighted by atomic mass is 10.1. The van der Waals surface area contributed by atoms with Gasteiger partial charge in [-0.25, -0.2) is 9.97 Å². The Bertz CT molecular complexity index is 1030. The SMILES string of the molecule is CC(C)N(CCC(=O)NC1CC1)c1nc(-c2ccccc2Cl)nc2ccccc12. The van der Waals surface area contributed by atoms with Crippen molar-refractivity contribution in [2.75, 3.05) is 11.4 Å². The molecule has 0 aliphatic heterocycles. The van der Waals surface area contributed by atoms with Crippen LogP contribution in [-0.4, -0.2) is 34.5 Å². The summed E-state index contributed by atoms with van der Waals surface area (Å²) in [6, 6.07) is 16.1. The van der Waals surface area contributed by atoms with Gasteiger partial charge in [0.25, 0.3) is 0 Å². The highest BCUT2D eigenvalue weighted by Crippen LogP contribution is 2.31. The van der Waals surface area contributed by atoms with E-state index in [0.717, 1.165) is 35.1 Å². The number of anilines is 1. The van der Waals surface area contributed by atoms with Crippen molar-refractivity contribution in [2.24, 2.45) is 0 Å². The fraction of sp³-hybridized carbons (Fsp3) is 0.348. The second-order valence-corrected chi connectivity index (χ2v) is 8.15. The summed E-state index contributed by atoms with van der Waals surface area (Å²) in [6.45, 7) is 4.83. The zero-order chi connectivity index (χ0) is 20.4. The standard InChI is InChI=1S/C23H25ClN4O/c1-15(2)28(14-13-21(29)25-16-11-12-16)23-18-8-4-6-10-20(18)26-22(27-23)17-7-3-5-9-19(17)24/h3-10,15-16H,11-14H2,1-2H3,(H,25,29). The third kappa shape index (κ3) is 4.51. The van der Waals surface area contributed by atoms with Crippen LogP contribution in [0.3, 0.4) is 0 Å². The van der Waals surface area contributed by atoms with E-state index in [1.807, 2.05) is 48.5 Å². The molecule has 5 nitrogen and oxygen atoms in total. The van der Waals surface area contributed by atoms with Gasteiger partial charge in [0.05, 0.1) is 10.5 Å². The summed E-state index contributed by atoms with van der Waals surface area (Å²) in [5, 5.41) is 4.66. The van der Waals surface area contributed by atoms with Crippen molar-refractivity contribution in [3.8, 4) is 11.4 Å². The van der Waals surface area contributed by atoms with Crippen LogP contribution < -0.4 is 10.2 Å². The van der Waals surface area contributed by atoms with Crippen LogP contribution in [0.4, 0.5) is 5.82 Å². The minimum absolute atomic E-state index is 0.0999. The summed E-state index contributed by atoms with van der Waals surface area (Å²) >= 11 is 6.41. The fourth-order valence-electron chi connectivity index (χ4n) is 3.40. The summed E-state index contributed by atoms with van der Waals surface area (Å²) in [5.74, 6) is 1.53. The van der Waals surface area contributed by atoms with Gasteiger partial charge in [-0.3, -0.25) is 4.79 Å². The van der Waals surface area contributed by atoms with Gasteiger partial charge in [0, 0.05) is 36.0 Å². The van der Waals surface area contributed by atoms with Gasteiger partial charge < -0.3 is 10.2 Å². The van der Waals surface area contributed by atoms with Crippen LogP contribution in [0.1, 0.15) is 33.1 Å². The predicted octanol–water partition coefficient (Wildman–Crippen LogP) is 4.83. The summed E-state index contributed by atoms with van der Waals surface area (Å²) in [6.07, 6.45) is 2.63. The molecule has 0 atom stereocenters. The van der Waals surface area contributed by atoms with Crippen LogP contribution in [0, 0.1) is 0 Å². The van der Waals surface area contributed by atoms with Gasteiger partial charge in [-0.2, -0.15) is 0 Å². The summed E-state index contributed by atoms with van der Waals surface area (Å²) < 4.78 is 0. The highest BCUT2D eigenvalue weighted by atomic mass is 35.5. The number of nitrogens with zero attached hydrogens (tertiary/aromatic N) is 3. The largest absolute Gasteiger partial charge is 0.353 e. The molecule has 4 rings (SSSR count). The molecule has 6 heteroatoms. The van der Waals surface area contributed by atoms with Crippen molar-refractivity contribution in [1.82, 2.24) is 15.3 Å². The Kier molecular flexibility index (Phi) is 5.67. The zero-order valence-corrected chi connectivity index (χ0v) is 17.5. The van der Waals surface area contributed by atoms with Crippen molar-refractivity contribution >= 4 is 34.2 Å². The van der Waals surface area contributed by atoms with Gasteiger partial charge in [0.15, 0.2) is 5.82 Å². The maximum Gasteiger partial charge on any atom is 0.221 e. The number of nitrogens with one attached hydrogen (secondary N) is 1. The molecule has 1 N–H and O–H groups in total. The van der Waals surface area contributed by atoms with E-state index in [9.17, 15) is 4.79 Å². The Balaban J connectivity index is 1.72. The number of para-hydroxylation sites is 1. The molecule has 1 aromatic heterocycles. The first kappa shape index (κ1) is 19.6. The molecular weight excluding hydrogens is 384 g/mol. The smallest absolute Gasteiger partial charge is 0.221 e. The molecule has 2 aromatic carbocycles. The van der Waals surface area contributed by atoms with Crippen LogP contribution in [0.15, 0.2) is 48.5 Å². The Labute approximate surface area is 176 Å². The minimum atomic E-state index is 0.0999. The lowest BCUT2D eigenvalue weighted by Gasteiger charge is -2.29. The van der Waals surface area contributed by atoms with E-state index in [1.165, 1.54) is 0 Å². The normalized spacial score (nSPS) is 13.7. The van der Waals surface area contributed by atoms with Crippen molar-refractivity contribution in [3.63, 3.8) is 0 Å². The average Bonchev–Trinajstić information content (AvgIpc) is 3.52. The van der Waals surface area contributed by atoms with Crippen LogP contribution >= 0.6 is 11.6 Å². The first-order valence-electron chi connectivity index (χ1n) is 10.1. The average molecular weight is 409 g/mol. The molecule has 1 aliphatic carbocycles. The third-order valence-electron chi connectivity index (χ3n) is 5.12. The van der Waals surface area contributed by atoms with Crippen molar-refractivity contribution in [1.29, 1.82) is 0 Å². The number of benzene rings is 2. The molecule has 1 heterocycles. The van der Waals surface area contributed by atoms with Crippen LogP contribution in [0.25, 0.3) is 22.3 Å². The lowest BCUT2D eigenvalue weighted by Crippen LogP contribution is -2.36. The van der Waals surface area contributed by atoms with E-state index in [2.05, 4.69) is 24.1 Å². The minimum Gasteiger partial charge on any atom is -0.353 e. The van der Waals surface area contributed by atoms with Crippen LogP contribution in [-0.2, 0) is 4.79 Å². The second kappa shape index (κ2) is 8.37. The number of carbonyl (C=O) groups is 1. The van der Waals surface area contributed by atoms with E-state index >= 15 is 0 Å². The van der Waals surface area contributed by atoms with E-state index in [4.69, 9.17) is 21.6 Å². The number of hydrogen-bond donors (Lipinski definition) is 1. The molecule has 0 radical (unpaired) electrons. The van der Waals surface area contributed by atoms with E-state index in [0.29, 0.717) is 29.9 Å². The molecule has 1 aliphatic rings. The van der Waals surface area contributed by atoms with Gasteiger partial charge in [0.2, 0.25) is 5.91 Å². The first-order valence-corrected chi connectivity index (χ1v) is 10.5. The molecule has 0 unspecified atom stereocenters. The van der Waals surface area contributed by atoms with Crippen LogP contribution in [0.2, 0.25) is 5.02 Å². The maximum atomic E-state index is 12.3. The number of aromatic nitrogens is 2. The van der Waals surface area contributed by atoms with Crippen molar-refractivity contribution in [3.05, 3.63) is 53.6 Å².